The molecular formula is C29H26Br2N2O5S. The maximum Gasteiger partial charge on any atom is 0.338 e. The summed E-state index contributed by atoms with van der Waals surface area (Å²) in [4.78, 5) is 32.3. The number of ether oxygens (including phenoxy) is 3. The molecule has 0 aliphatic carbocycles. The van der Waals surface area contributed by atoms with E-state index in [1.165, 1.54) is 11.3 Å². The van der Waals surface area contributed by atoms with Crippen molar-refractivity contribution in [3.63, 3.8) is 0 Å². The lowest BCUT2D eigenvalue weighted by molar-refractivity contribution is -0.139. The topological polar surface area (TPSA) is 79.1 Å². The number of para-hydroxylation sites is 1. The van der Waals surface area contributed by atoms with Crippen LogP contribution in [-0.4, -0.2) is 29.9 Å². The fraction of sp³-hybridized carbons (Fsp3) is 0.276. The molecule has 3 aromatic rings. The molecule has 7 nitrogen and oxygen atoms in total. The number of carbonyl (C=O) groups is 1. The number of rotatable bonds is 8. The zero-order chi connectivity index (χ0) is 28.3. The molecule has 202 valence electrons. The van der Waals surface area contributed by atoms with Crippen molar-refractivity contribution in [1.29, 1.82) is 0 Å². The van der Waals surface area contributed by atoms with Gasteiger partial charge in [0.25, 0.3) is 5.56 Å². The third-order valence-corrected chi connectivity index (χ3v) is 7.87. The van der Waals surface area contributed by atoms with Gasteiger partial charge >= 0.3 is 5.97 Å². The summed E-state index contributed by atoms with van der Waals surface area (Å²) in [6.07, 6.45) is 6.99. The molecular weight excluding hydrogens is 648 g/mol. The quantitative estimate of drug-likeness (QED) is 0.245. The van der Waals surface area contributed by atoms with Gasteiger partial charge in [0.05, 0.1) is 37.5 Å². The third-order valence-electron chi connectivity index (χ3n) is 5.71. The van der Waals surface area contributed by atoms with E-state index in [1.54, 1.807) is 24.5 Å². The van der Waals surface area contributed by atoms with Crippen LogP contribution in [0.15, 0.2) is 66.4 Å². The Balaban J connectivity index is 1.93. The molecule has 0 saturated carbocycles. The van der Waals surface area contributed by atoms with Crippen LogP contribution in [0, 0.1) is 12.3 Å². The van der Waals surface area contributed by atoms with E-state index in [0.717, 1.165) is 5.56 Å². The molecule has 39 heavy (non-hydrogen) atoms. The number of terminal acetylenes is 1. The number of hydrogen-bond acceptors (Lipinski definition) is 7. The number of hydrogen-bond donors (Lipinski definition) is 0. The molecule has 1 atom stereocenters. The zero-order valence-electron chi connectivity index (χ0n) is 21.8. The maximum absolute atomic E-state index is 13.9. The number of aromatic nitrogens is 1. The summed E-state index contributed by atoms with van der Waals surface area (Å²) in [5.74, 6) is 3.08. The fourth-order valence-corrected chi connectivity index (χ4v) is 6.72. The Kier molecular flexibility index (Phi) is 9.15. The highest BCUT2D eigenvalue weighted by Crippen LogP contribution is 2.37. The smallest absolute Gasteiger partial charge is 0.338 e. The normalized spacial score (nSPS) is 15.0. The zero-order valence-corrected chi connectivity index (χ0v) is 25.8. The van der Waals surface area contributed by atoms with Crippen LogP contribution in [0.2, 0.25) is 0 Å². The molecule has 4 rings (SSSR count). The van der Waals surface area contributed by atoms with Crippen LogP contribution in [0.3, 0.4) is 0 Å². The van der Waals surface area contributed by atoms with Gasteiger partial charge in [0.1, 0.15) is 24.1 Å². The van der Waals surface area contributed by atoms with Crippen LogP contribution < -0.4 is 24.4 Å². The summed E-state index contributed by atoms with van der Waals surface area (Å²) >= 11 is 8.28. The van der Waals surface area contributed by atoms with Crippen LogP contribution >= 0.6 is 43.2 Å². The highest BCUT2D eigenvalue weighted by atomic mass is 79.9. The molecule has 0 unspecified atom stereocenters. The number of benzene rings is 2. The molecule has 1 aliphatic heterocycles. The summed E-state index contributed by atoms with van der Waals surface area (Å²) in [5.41, 5.74) is 1.95. The summed E-state index contributed by atoms with van der Waals surface area (Å²) in [7, 11) is 0. The van der Waals surface area contributed by atoms with E-state index in [-0.39, 0.29) is 24.9 Å². The standard InChI is InChI=1S/C29H26Br2N2O5S/c1-6-12-37-26-20(30)13-18(14-21(26)31)15-23-27(34)33-25(19-10-8-9-11-22(19)38-16(3)4)24(28(35)36-7-2)17(5)32-29(33)39-23/h1,8-11,13-16,25H,7,12H2,2-5H3/b23-15+/t25-/m0/s1. The second-order valence-corrected chi connectivity index (χ2v) is 11.5. The van der Waals surface area contributed by atoms with E-state index in [4.69, 9.17) is 20.6 Å². The number of thiazole rings is 1. The molecule has 0 saturated heterocycles. The molecule has 0 spiro atoms. The second kappa shape index (κ2) is 12.4. The number of fused-ring (bicyclic) bond motifs is 1. The van der Waals surface area contributed by atoms with Crippen LogP contribution in [0.4, 0.5) is 0 Å². The predicted octanol–water partition coefficient (Wildman–Crippen LogP) is 5.12. The molecule has 0 radical (unpaired) electrons. The summed E-state index contributed by atoms with van der Waals surface area (Å²) in [6, 6.07) is 10.3. The van der Waals surface area contributed by atoms with E-state index in [1.807, 2.05) is 50.2 Å². The molecule has 0 N–H and O–H groups in total. The van der Waals surface area contributed by atoms with Gasteiger partial charge in [0, 0.05) is 5.56 Å². The summed E-state index contributed by atoms with van der Waals surface area (Å²) in [5, 5.41) is 0. The number of esters is 1. The van der Waals surface area contributed by atoms with Gasteiger partial charge in [0.15, 0.2) is 4.80 Å². The lowest BCUT2D eigenvalue weighted by atomic mass is 9.95. The Labute approximate surface area is 247 Å². The minimum Gasteiger partial charge on any atom is -0.491 e. The highest BCUT2D eigenvalue weighted by Gasteiger charge is 2.35. The van der Waals surface area contributed by atoms with Crippen molar-refractivity contribution >= 4 is 55.2 Å². The van der Waals surface area contributed by atoms with Crippen LogP contribution in [0.25, 0.3) is 6.08 Å². The lowest BCUT2D eigenvalue weighted by Crippen LogP contribution is -2.40. The SMILES string of the molecule is C#CCOc1c(Br)cc(/C=c2/sc3n(c2=O)[C@@H](c2ccccc2OC(C)C)C(C(=O)OCC)=C(C)N=3)cc1Br. The van der Waals surface area contributed by atoms with Crippen molar-refractivity contribution in [2.45, 2.75) is 39.8 Å². The average molecular weight is 674 g/mol. The van der Waals surface area contributed by atoms with Crippen molar-refractivity contribution in [3.8, 4) is 23.8 Å². The van der Waals surface area contributed by atoms with Crippen LogP contribution in [0.1, 0.15) is 44.9 Å². The van der Waals surface area contributed by atoms with Crippen molar-refractivity contribution in [2.75, 3.05) is 13.2 Å². The van der Waals surface area contributed by atoms with Gasteiger partial charge in [-0.3, -0.25) is 9.36 Å². The average Bonchev–Trinajstić information content (AvgIpc) is 3.17. The molecule has 2 aromatic carbocycles. The largest absolute Gasteiger partial charge is 0.491 e. The molecule has 10 heteroatoms. The monoisotopic (exact) mass is 672 g/mol. The molecule has 1 aliphatic rings. The number of carbonyl (C=O) groups excluding carboxylic acids is 1. The maximum atomic E-state index is 13.9. The minimum absolute atomic E-state index is 0.109. The first-order valence-electron chi connectivity index (χ1n) is 12.2. The predicted molar refractivity (Wildman–Crippen MR) is 159 cm³/mol. The van der Waals surface area contributed by atoms with Crippen LogP contribution in [0.5, 0.6) is 11.5 Å². The molecule has 0 fully saturated rings. The lowest BCUT2D eigenvalue weighted by Gasteiger charge is -2.26. The second-order valence-electron chi connectivity index (χ2n) is 8.81. The van der Waals surface area contributed by atoms with E-state index in [0.29, 0.717) is 46.6 Å². The number of halogens is 2. The van der Waals surface area contributed by atoms with Gasteiger partial charge in [-0.15, -0.1) is 6.42 Å². The first kappa shape index (κ1) is 28.9. The van der Waals surface area contributed by atoms with Crippen molar-refractivity contribution < 1.29 is 19.0 Å². The summed E-state index contributed by atoms with van der Waals surface area (Å²) < 4.78 is 20.4. The first-order chi connectivity index (χ1) is 18.7. The number of nitrogens with zero attached hydrogens (tertiary/aromatic N) is 2. The fourth-order valence-electron chi connectivity index (χ4n) is 4.22. The van der Waals surface area contributed by atoms with Crippen molar-refractivity contribution in [1.82, 2.24) is 4.57 Å². The Morgan fingerprint density at radius 2 is 1.95 bits per heavy atom. The molecule has 1 aromatic heterocycles. The van der Waals surface area contributed by atoms with E-state index >= 15 is 0 Å². The Bertz CT molecular complexity index is 1660. The third kappa shape index (κ3) is 6.06. The van der Waals surface area contributed by atoms with Gasteiger partial charge in [-0.05, 0) is 89.4 Å². The van der Waals surface area contributed by atoms with Crippen LogP contribution in [-0.2, 0) is 9.53 Å². The van der Waals surface area contributed by atoms with E-state index in [9.17, 15) is 9.59 Å². The van der Waals surface area contributed by atoms with Gasteiger partial charge < -0.3 is 14.2 Å². The summed E-state index contributed by atoms with van der Waals surface area (Å²) in [6.45, 7) is 7.67. The van der Waals surface area contributed by atoms with Gasteiger partial charge in [-0.25, -0.2) is 9.79 Å². The van der Waals surface area contributed by atoms with E-state index < -0.39 is 12.0 Å². The van der Waals surface area contributed by atoms with Crippen molar-refractivity contribution in [2.24, 2.45) is 4.99 Å². The van der Waals surface area contributed by atoms with Gasteiger partial charge in [-0.1, -0.05) is 35.5 Å². The molecule has 2 heterocycles. The minimum atomic E-state index is -0.768. The van der Waals surface area contributed by atoms with Gasteiger partial charge in [-0.2, -0.15) is 0 Å². The highest BCUT2D eigenvalue weighted by molar-refractivity contribution is 9.11. The Morgan fingerprint density at radius 3 is 2.59 bits per heavy atom. The number of allylic oxidation sites excluding steroid dienone is 1. The first-order valence-corrected chi connectivity index (χ1v) is 14.6. The molecule has 0 amide bonds. The Morgan fingerprint density at radius 1 is 1.26 bits per heavy atom. The van der Waals surface area contributed by atoms with Crippen molar-refractivity contribution in [3.05, 3.63) is 87.4 Å². The molecule has 0 bridgehead atoms. The van der Waals surface area contributed by atoms with Gasteiger partial charge in [0.2, 0.25) is 0 Å². The van der Waals surface area contributed by atoms with E-state index in [2.05, 4.69) is 42.8 Å². The Hall–Kier alpha value is -3.13.